The first kappa shape index (κ1) is 14.6. The third-order valence-corrected chi connectivity index (χ3v) is 4.53. The van der Waals surface area contributed by atoms with Gasteiger partial charge in [0.25, 0.3) is 0 Å². The van der Waals surface area contributed by atoms with E-state index in [-0.39, 0.29) is 0 Å². The van der Waals surface area contributed by atoms with Crippen LogP contribution in [0.3, 0.4) is 0 Å². The Bertz CT molecular complexity index is 350. The minimum atomic E-state index is 0.486. The molecular formula is C18H29N. The van der Waals surface area contributed by atoms with Gasteiger partial charge in [0, 0.05) is 6.04 Å². The number of unbranched alkanes of at least 4 members (excludes halogenated alkanes) is 1. The van der Waals surface area contributed by atoms with Gasteiger partial charge in [-0.15, -0.1) is 0 Å². The van der Waals surface area contributed by atoms with E-state index >= 15 is 0 Å². The Labute approximate surface area is 118 Å². The zero-order chi connectivity index (χ0) is 13.5. The molecule has 0 spiro atoms. The molecule has 2 rings (SSSR count). The summed E-state index contributed by atoms with van der Waals surface area (Å²) in [4.78, 5) is 0. The van der Waals surface area contributed by atoms with E-state index in [2.05, 4.69) is 43.4 Å². The Morgan fingerprint density at radius 1 is 1.21 bits per heavy atom. The van der Waals surface area contributed by atoms with Crippen LogP contribution in [0.1, 0.15) is 69.5 Å². The lowest BCUT2D eigenvalue weighted by molar-refractivity contribution is 0.288. The van der Waals surface area contributed by atoms with Gasteiger partial charge >= 0.3 is 0 Å². The van der Waals surface area contributed by atoms with Gasteiger partial charge < -0.3 is 5.32 Å². The van der Waals surface area contributed by atoms with Crippen molar-refractivity contribution in [3.63, 3.8) is 0 Å². The van der Waals surface area contributed by atoms with Crippen LogP contribution in [0, 0.1) is 5.92 Å². The van der Waals surface area contributed by atoms with Gasteiger partial charge in [-0.25, -0.2) is 0 Å². The standard InChI is InChI=1S/C18H29N/c1-3-4-6-17-9-11-18(12-10-17)15(2)19-14-13-16-7-5-8-16/h9-12,15-16,19H,3-8,13-14H2,1-2H3. The fourth-order valence-electron chi connectivity index (χ4n) is 2.76. The highest BCUT2D eigenvalue weighted by atomic mass is 14.9. The maximum Gasteiger partial charge on any atom is 0.0291 e. The molecule has 0 aliphatic heterocycles. The highest BCUT2D eigenvalue weighted by Crippen LogP contribution is 2.29. The van der Waals surface area contributed by atoms with E-state index in [1.54, 1.807) is 0 Å². The summed E-state index contributed by atoms with van der Waals surface area (Å²) in [5.41, 5.74) is 2.90. The van der Waals surface area contributed by atoms with Gasteiger partial charge in [-0.1, -0.05) is 56.9 Å². The van der Waals surface area contributed by atoms with Gasteiger partial charge in [-0.3, -0.25) is 0 Å². The summed E-state index contributed by atoms with van der Waals surface area (Å²) in [5.74, 6) is 1.01. The molecule has 1 saturated carbocycles. The molecule has 0 radical (unpaired) electrons. The minimum Gasteiger partial charge on any atom is -0.310 e. The molecule has 0 aromatic heterocycles. The predicted molar refractivity (Wildman–Crippen MR) is 83.4 cm³/mol. The number of nitrogens with one attached hydrogen (secondary N) is 1. The van der Waals surface area contributed by atoms with Crippen molar-refractivity contribution in [1.29, 1.82) is 0 Å². The van der Waals surface area contributed by atoms with Crippen LogP contribution < -0.4 is 5.32 Å². The number of rotatable bonds is 8. The summed E-state index contributed by atoms with van der Waals surface area (Å²) >= 11 is 0. The van der Waals surface area contributed by atoms with Crippen molar-refractivity contribution in [3.05, 3.63) is 35.4 Å². The molecule has 1 N–H and O–H groups in total. The summed E-state index contributed by atoms with van der Waals surface area (Å²) in [7, 11) is 0. The first-order valence-electron chi connectivity index (χ1n) is 8.12. The van der Waals surface area contributed by atoms with E-state index in [1.807, 2.05) is 0 Å². The van der Waals surface area contributed by atoms with E-state index < -0.39 is 0 Å². The summed E-state index contributed by atoms with van der Waals surface area (Å²) in [6.45, 7) is 5.70. The topological polar surface area (TPSA) is 12.0 Å². The van der Waals surface area contributed by atoms with Crippen LogP contribution in [-0.2, 0) is 6.42 Å². The van der Waals surface area contributed by atoms with Gasteiger partial charge in [0.05, 0.1) is 0 Å². The van der Waals surface area contributed by atoms with Crippen LogP contribution in [0.2, 0.25) is 0 Å². The number of aryl methyl sites for hydroxylation is 1. The highest BCUT2D eigenvalue weighted by Gasteiger charge is 2.16. The zero-order valence-corrected chi connectivity index (χ0v) is 12.6. The molecule has 1 atom stereocenters. The summed E-state index contributed by atoms with van der Waals surface area (Å²) in [6, 6.07) is 9.68. The SMILES string of the molecule is CCCCc1ccc(C(C)NCCC2CCC2)cc1. The molecule has 19 heavy (non-hydrogen) atoms. The molecule has 106 valence electrons. The second kappa shape index (κ2) is 7.69. The van der Waals surface area contributed by atoms with Gasteiger partial charge in [-0.05, 0) is 49.8 Å². The van der Waals surface area contributed by atoms with Crippen molar-refractivity contribution in [2.24, 2.45) is 5.92 Å². The van der Waals surface area contributed by atoms with Crippen molar-refractivity contribution >= 4 is 0 Å². The van der Waals surface area contributed by atoms with Crippen molar-refractivity contribution in [1.82, 2.24) is 5.32 Å². The molecule has 1 aromatic rings. The van der Waals surface area contributed by atoms with Gasteiger partial charge in [0.1, 0.15) is 0 Å². The average molecular weight is 259 g/mol. The van der Waals surface area contributed by atoms with E-state index in [4.69, 9.17) is 0 Å². The van der Waals surface area contributed by atoms with Gasteiger partial charge in [-0.2, -0.15) is 0 Å². The quantitative estimate of drug-likeness (QED) is 0.702. The van der Waals surface area contributed by atoms with Crippen LogP contribution >= 0.6 is 0 Å². The van der Waals surface area contributed by atoms with Crippen molar-refractivity contribution in [2.45, 2.75) is 64.8 Å². The maximum atomic E-state index is 3.66. The lowest BCUT2D eigenvalue weighted by atomic mass is 9.83. The Morgan fingerprint density at radius 3 is 2.53 bits per heavy atom. The molecular weight excluding hydrogens is 230 g/mol. The molecule has 1 nitrogen and oxygen atoms in total. The predicted octanol–water partition coefficient (Wildman–Crippen LogP) is 4.87. The van der Waals surface area contributed by atoms with Crippen molar-refractivity contribution in [3.8, 4) is 0 Å². The molecule has 0 amide bonds. The normalized spacial score (nSPS) is 17.2. The maximum absolute atomic E-state index is 3.66. The largest absolute Gasteiger partial charge is 0.310 e. The zero-order valence-electron chi connectivity index (χ0n) is 12.6. The molecule has 0 heterocycles. The fraction of sp³-hybridized carbons (Fsp3) is 0.667. The minimum absolute atomic E-state index is 0.486. The third-order valence-electron chi connectivity index (χ3n) is 4.53. The molecule has 1 aliphatic rings. The third kappa shape index (κ3) is 4.65. The lowest BCUT2D eigenvalue weighted by Crippen LogP contribution is -2.24. The Morgan fingerprint density at radius 2 is 1.95 bits per heavy atom. The Hall–Kier alpha value is -0.820. The Kier molecular flexibility index (Phi) is 5.91. The van der Waals surface area contributed by atoms with Gasteiger partial charge in [0.2, 0.25) is 0 Å². The van der Waals surface area contributed by atoms with E-state index in [1.165, 1.54) is 62.6 Å². The second-order valence-corrected chi connectivity index (χ2v) is 6.11. The van der Waals surface area contributed by atoms with E-state index in [0.717, 1.165) is 5.92 Å². The van der Waals surface area contributed by atoms with Crippen LogP contribution in [-0.4, -0.2) is 6.54 Å². The molecule has 1 aromatic carbocycles. The summed E-state index contributed by atoms with van der Waals surface area (Å²) < 4.78 is 0. The molecule has 1 heteroatoms. The molecule has 0 bridgehead atoms. The highest BCUT2D eigenvalue weighted by molar-refractivity contribution is 5.24. The van der Waals surface area contributed by atoms with Gasteiger partial charge in [0.15, 0.2) is 0 Å². The van der Waals surface area contributed by atoms with E-state index in [0.29, 0.717) is 6.04 Å². The molecule has 1 aliphatic carbocycles. The first-order chi connectivity index (χ1) is 9.29. The van der Waals surface area contributed by atoms with Crippen LogP contribution in [0.25, 0.3) is 0 Å². The number of benzene rings is 1. The van der Waals surface area contributed by atoms with E-state index in [9.17, 15) is 0 Å². The number of hydrogen-bond donors (Lipinski definition) is 1. The average Bonchev–Trinajstić information content (AvgIpc) is 2.39. The second-order valence-electron chi connectivity index (χ2n) is 6.11. The lowest BCUT2D eigenvalue weighted by Gasteiger charge is -2.26. The van der Waals surface area contributed by atoms with Crippen LogP contribution in [0.5, 0.6) is 0 Å². The molecule has 1 fully saturated rings. The summed E-state index contributed by atoms with van der Waals surface area (Å²) in [6.07, 6.45) is 9.54. The monoisotopic (exact) mass is 259 g/mol. The summed E-state index contributed by atoms with van der Waals surface area (Å²) in [5, 5.41) is 3.66. The molecule has 0 saturated heterocycles. The van der Waals surface area contributed by atoms with Crippen molar-refractivity contribution < 1.29 is 0 Å². The Balaban J connectivity index is 1.72. The smallest absolute Gasteiger partial charge is 0.0291 e. The first-order valence-corrected chi connectivity index (χ1v) is 8.12. The number of hydrogen-bond acceptors (Lipinski definition) is 1. The van der Waals surface area contributed by atoms with Crippen LogP contribution in [0.4, 0.5) is 0 Å². The van der Waals surface area contributed by atoms with Crippen molar-refractivity contribution in [2.75, 3.05) is 6.54 Å². The van der Waals surface area contributed by atoms with Crippen LogP contribution in [0.15, 0.2) is 24.3 Å². The molecule has 1 unspecified atom stereocenters. The fourth-order valence-corrected chi connectivity index (χ4v) is 2.76.